The third-order valence-corrected chi connectivity index (χ3v) is 2.05. The first-order chi connectivity index (χ1) is 6.77. The summed E-state index contributed by atoms with van der Waals surface area (Å²) in [7, 11) is 0. The van der Waals surface area contributed by atoms with E-state index in [1.807, 2.05) is 6.08 Å². The molecular formula is C10H14N2O2. The van der Waals surface area contributed by atoms with Crippen molar-refractivity contribution in [3.63, 3.8) is 0 Å². The Morgan fingerprint density at radius 1 is 1.79 bits per heavy atom. The molecule has 0 N–H and O–H groups in total. The molecule has 1 rings (SSSR count). The molecule has 0 saturated carbocycles. The fourth-order valence-corrected chi connectivity index (χ4v) is 1.41. The summed E-state index contributed by atoms with van der Waals surface area (Å²) in [4.78, 5) is 12.9. The summed E-state index contributed by atoms with van der Waals surface area (Å²) in [5.41, 5.74) is 0.587. The first-order valence-electron chi connectivity index (χ1n) is 4.78. The minimum Gasteiger partial charge on any atom is -0.465 e. The Kier molecular flexibility index (Phi) is 3.99. The van der Waals surface area contributed by atoms with Crippen LogP contribution in [0.3, 0.4) is 0 Å². The highest BCUT2D eigenvalue weighted by Crippen LogP contribution is 2.13. The number of rotatable bonds is 3. The van der Waals surface area contributed by atoms with Crippen molar-refractivity contribution < 1.29 is 9.53 Å². The lowest BCUT2D eigenvalue weighted by Gasteiger charge is -2.25. The van der Waals surface area contributed by atoms with Crippen LogP contribution in [0.5, 0.6) is 0 Å². The van der Waals surface area contributed by atoms with Gasteiger partial charge in [-0.2, -0.15) is 5.26 Å². The SMILES string of the molecule is CCOC(=O)CN1CCCC=C1C#N. The van der Waals surface area contributed by atoms with E-state index in [-0.39, 0.29) is 12.5 Å². The van der Waals surface area contributed by atoms with E-state index in [0.717, 1.165) is 19.4 Å². The number of esters is 1. The van der Waals surface area contributed by atoms with Gasteiger partial charge < -0.3 is 9.64 Å². The predicted molar refractivity (Wildman–Crippen MR) is 51.1 cm³/mol. The molecule has 4 nitrogen and oxygen atoms in total. The number of hydrogen-bond acceptors (Lipinski definition) is 4. The lowest BCUT2D eigenvalue weighted by molar-refractivity contribution is -0.143. The molecule has 0 spiro atoms. The van der Waals surface area contributed by atoms with Gasteiger partial charge in [-0.15, -0.1) is 0 Å². The minimum atomic E-state index is -0.268. The molecule has 0 radical (unpaired) electrons. The van der Waals surface area contributed by atoms with Gasteiger partial charge in [-0.05, 0) is 19.8 Å². The third-order valence-electron chi connectivity index (χ3n) is 2.05. The van der Waals surface area contributed by atoms with Crippen molar-refractivity contribution in [2.24, 2.45) is 0 Å². The van der Waals surface area contributed by atoms with Crippen molar-refractivity contribution in [2.45, 2.75) is 19.8 Å². The van der Waals surface area contributed by atoms with Crippen molar-refractivity contribution in [1.82, 2.24) is 4.90 Å². The number of carbonyl (C=O) groups excluding carboxylic acids is 1. The molecule has 14 heavy (non-hydrogen) atoms. The smallest absolute Gasteiger partial charge is 0.325 e. The Morgan fingerprint density at radius 2 is 2.57 bits per heavy atom. The second-order valence-corrected chi connectivity index (χ2v) is 3.07. The van der Waals surface area contributed by atoms with Crippen LogP contribution < -0.4 is 0 Å². The average molecular weight is 194 g/mol. The van der Waals surface area contributed by atoms with Crippen molar-refractivity contribution >= 4 is 5.97 Å². The zero-order valence-electron chi connectivity index (χ0n) is 8.32. The summed E-state index contributed by atoms with van der Waals surface area (Å²) >= 11 is 0. The molecular weight excluding hydrogens is 180 g/mol. The predicted octanol–water partition coefficient (Wildman–Crippen LogP) is 1.05. The highest BCUT2D eigenvalue weighted by Gasteiger charge is 2.16. The second kappa shape index (κ2) is 5.28. The van der Waals surface area contributed by atoms with E-state index in [1.54, 1.807) is 11.8 Å². The van der Waals surface area contributed by atoms with Gasteiger partial charge in [0, 0.05) is 6.54 Å². The van der Waals surface area contributed by atoms with Gasteiger partial charge in [0.15, 0.2) is 0 Å². The van der Waals surface area contributed by atoms with Gasteiger partial charge in [-0.1, -0.05) is 6.08 Å². The van der Waals surface area contributed by atoms with Gasteiger partial charge in [0.1, 0.15) is 18.3 Å². The van der Waals surface area contributed by atoms with E-state index >= 15 is 0 Å². The molecule has 0 aromatic heterocycles. The van der Waals surface area contributed by atoms with Gasteiger partial charge in [0.25, 0.3) is 0 Å². The van der Waals surface area contributed by atoms with E-state index in [2.05, 4.69) is 6.07 Å². The Hall–Kier alpha value is -1.50. The molecule has 0 bridgehead atoms. The molecule has 0 atom stereocenters. The number of ether oxygens (including phenoxy) is 1. The summed E-state index contributed by atoms with van der Waals surface area (Å²) in [6.07, 6.45) is 3.77. The van der Waals surface area contributed by atoms with E-state index in [1.165, 1.54) is 0 Å². The number of nitriles is 1. The average Bonchev–Trinajstić information content (AvgIpc) is 2.19. The van der Waals surface area contributed by atoms with Crippen LogP contribution >= 0.6 is 0 Å². The number of carbonyl (C=O) groups is 1. The lowest BCUT2D eigenvalue weighted by Crippen LogP contribution is -2.32. The van der Waals surface area contributed by atoms with Crippen LogP contribution in [0.1, 0.15) is 19.8 Å². The van der Waals surface area contributed by atoms with Gasteiger partial charge in [-0.25, -0.2) is 0 Å². The van der Waals surface area contributed by atoms with Crippen molar-refractivity contribution in [3.8, 4) is 6.07 Å². The molecule has 1 heterocycles. The van der Waals surface area contributed by atoms with Crippen molar-refractivity contribution in [1.29, 1.82) is 5.26 Å². The standard InChI is InChI=1S/C10H14N2O2/c1-2-14-10(13)8-12-6-4-3-5-9(12)7-11/h5H,2-4,6,8H2,1H3. The third kappa shape index (κ3) is 2.77. The van der Waals surface area contributed by atoms with Crippen LogP contribution in [0.2, 0.25) is 0 Å². The monoisotopic (exact) mass is 194 g/mol. The van der Waals surface area contributed by atoms with Crippen LogP contribution in [0.15, 0.2) is 11.8 Å². The fourth-order valence-electron chi connectivity index (χ4n) is 1.41. The summed E-state index contributed by atoms with van der Waals surface area (Å²) in [5, 5.41) is 8.79. The topological polar surface area (TPSA) is 53.3 Å². The molecule has 0 aromatic carbocycles. The van der Waals surface area contributed by atoms with Crippen molar-refractivity contribution in [3.05, 3.63) is 11.8 Å². The Labute approximate surface area is 83.8 Å². The second-order valence-electron chi connectivity index (χ2n) is 3.07. The van der Waals surface area contributed by atoms with Crippen molar-refractivity contribution in [2.75, 3.05) is 19.7 Å². The molecule has 0 aliphatic carbocycles. The summed E-state index contributed by atoms with van der Waals surface area (Å²) in [6, 6.07) is 2.08. The highest BCUT2D eigenvalue weighted by molar-refractivity contribution is 5.72. The molecule has 0 amide bonds. The summed E-state index contributed by atoms with van der Waals surface area (Å²) in [6.45, 7) is 3.11. The molecule has 76 valence electrons. The Bertz CT molecular complexity index is 278. The number of nitrogens with zero attached hydrogens (tertiary/aromatic N) is 2. The maximum Gasteiger partial charge on any atom is 0.325 e. The summed E-state index contributed by atoms with van der Waals surface area (Å²) in [5.74, 6) is -0.268. The van der Waals surface area contributed by atoms with E-state index in [9.17, 15) is 4.79 Å². The molecule has 0 saturated heterocycles. The zero-order valence-corrected chi connectivity index (χ0v) is 8.32. The summed E-state index contributed by atoms with van der Waals surface area (Å²) < 4.78 is 4.82. The van der Waals surface area contributed by atoms with Crippen LogP contribution in [0, 0.1) is 11.3 Å². The molecule has 4 heteroatoms. The Morgan fingerprint density at radius 3 is 3.21 bits per heavy atom. The quantitative estimate of drug-likeness (QED) is 0.630. The van der Waals surface area contributed by atoms with Gasteiger partial charge in [0.05, 0.1) is 6.61 Å². The molecule has 1 aliphatic rings. The number of allylic oxidation sites excluding steroid dienone is 2. The van der Waals surface area contributed by atoms with Gasteiger partial charge in [0.2, 0.25) is 0 Å². The van der Waals surface area contributed by atoms with Crippen LogP contribution in [-0.4, -0.2) is 30.6 Å². The van der Waals surface area contributed by atoms with Gasteiger partial charge >= 0.3 is 5.97 Å². The minimum absolute atomic E-state index is 0.188. The Balaban J connectivity index is 2.51. The maximum absolute atomic E-state index is 11.2. The maximum atomic E-state index is 11.2. The van der Waals surface area contributed by atoms with E-state index in [4.69, 9.17) is 10.00 Å². The van der Waals surface area contributed by atoms with Crippen LogP contribution in [-0.2, 0) is 9.53 Å². The number of hydrogen-bond donors (Lipinski definition) is 0. The largest absolute Gasteiger partial charge is 0.465 e. The normalized spacial score (nSPS) is 15.7. The van der Waals surface area contributed by atoms with Crippen LogP contribution in [0.25, 0.3) is 0 Å². The molecule has 0 aromatic rings. The van der Waals surface area contributed by atoms with Crippen LogP contribution in [0.4, 0.5) is 0 Å². The fraction of sp³-hybridized carbons (Fsp3) is 0.600. The van der Waals surface area contributed by atoms with Gasteiger partial charge in [-0.3, -0.25) is 4.79 Å². The molecule has 0 unspecified atom stereocenters. The molecule has 0 fully saturated rings. The first kappa shape index (κ1) is 10.6. The molecule has 1 aliphatic heterocycles. The van der Waals surface area contributed by atoms with E-state index in [0.29, 0.717) is 12.3 Å². The first-order valence-corrected chi connectivity index (χ1v) is 4.78. The zero-order chi connectivity index (χ0) is 10.4. The van der Waals surface area contributed by atoms with E-state index < -0.39 is 0 Å². The highest BCUT2D eigenvalue weighted by atomic mass is 16.5. The lowest BCUT2D eigenvalue weighted by atomic mass is 10.1.